The Hall–Kier alpha value is -0.250. The van der Waals surface area contributed by atoms with E-state index in [9.17, 15) is 13.2 Å². The first-order chi connectivity index (χ1) is 7.24. The summed E-state index contributed by atoms with van der Waals surface area (Å²) in [6, 6.07) is 0. The van der Waals surface area contributed by atoms with Gasteiger partial charge in [0.25, 0.3) is 0 Å². The summed E-state index contributed by atoms with van der Waals surface area (Å²) in [6.07, 6.45) is -1.26. The number of halogens is 3. The Morgan fingerprint density at radius 3 is 1.94 bits per heavy atom. The van der Waals surface area contributed by atoms with Crippen LogP contribution < -0.4 is 0 Å². The quantitative estimate of drug-likeness (QED) is 0.702. The minimum Gasteiger partial charge on any atom is -0.289 e. The molecule has 0 heterocycles. The second-order valence-corrected chi connectivity index (χ2v) is 5.38. The van der Waals surface area contributed by atoms with Crippen LogP contribution in [0.3, 0.4) is 0 Å². The van der Waals surface area contributed by atoms with Crippen LogP contribution in [-0.2, 0) is 4.74 Å². The molecule has 0 saturated heterocycles. The van der Waals surface area contributed by atoms with Gasteiger partial charge >= 0.3 is 6.36 Å². The Labute approximate surface area is 95.4 Å². The molecule has 0 aromatic carbocycles. The van der Waals surface area contributed by atoms with E-state index in [0.29, 0.717) is 18.8 Å². The molecule has 16 heavy (non-hydrogen) atoms. The lowest BCUT2D eigenvalue weighted by molar-refractivity contribution is -0.346. The molecule has 0 aliphatic heterocycles. The molecule has 1 rings (SSSR count). The standard InChI is InChI=1S/C12H21F3O/c1-4-11(2,3)9-5-7-10(8-6-9)16-12(13,14)15/h9-10H,4-8H2,1-3H3. The molecule has 96 valence electrons. The van der Waals surface area contributed by atoms with Gasteiger partial charge in [-0.2, -0.15) is 0 Å². The summed E-state index contributed by atoms with van der Waals surface area (Å²) in [7, 11) is 0. The predicted octanol–water partition coefficient (Wildman–Crippen LogP) is 4.52. The third-order valence-electron chi connectivity index (χ3n) is 3.99. The van der Waals surface area contributed by atoms with Crippen LogP contribution in [0.2, 0.25) is 0 Å². The zero-order valence-corrected chi connectivity index (χ0v) is 10.2. The highest BCUT2D eigenvalue weighted by Crippen LogP contribution is 2.41. The first kappa shape index (κ1) is 13.8. The van der Waals surface area contributed by atoms with E-state index in [2.05, 4.69) is 25.5 Å². The van der Waals surface area contributed by atoms with Crippen LogP contribution >= 0.6 is 0 Å². The summed E-state index contributed by atoms with van der Waals surface area (Å²) in [6.45, 7) is 6.53. The monoisotopic (exact) mass is 238 g/mol. The molecule has 0 atom stereocenters. The number of hydrogen-bond acceptors (Lipinski definition) is 1. The van der Waals surface area contributed by atoms with E-state index in [-0.39, 0.29) is 5.41 Å². The van der Waals surface area contributed by atoms with Crippen LogP contribution in [0.5, 0.6) is 0 Å². The largest absolute Gasteiger partial charge is 0.522 e. The molecule has 0 aromatic heterocycles. The van der Waals surface area contributed by atoms with E-state index in [1.807, 2.05) is 0 Å². The van der Waals surface area contributed by atoms with Gasteiger partial charge in [-0.3, -0.25) is 4.74 Å². The number of alkyl halides is 3. The Kier molecular flexibility index (Phi) is 4.27. The van der Waals surface area contributed by atoms with E-state index in [4.69, 9.17) is 0 Å². The van der Waals surface area contributed by atoms with Crippen molar-refractivity contribution in [2.24, 2.45) is 11.3 Å². The summed E-state index contributed by atoms with van der Waals surface area (Å²) in [5, 5.41) is 0. The van der Waals surface area contributed by atoms with Gasteiger partial charge in [0.2, 0.25) is 0 Å². The SMILES string of the molecule is CCC(C)(C)C1CCC(OC(F)(F)F)CC1. The molecule has 1 saturated carbocycles. The van der Waals surface area contributed by atoms with Gasteiger partial charge in [0.15, 0.2) is 0 Å². The maximum Gasteiger partial charge on any atom is 0.522 e. The van der Waals surface area contributed by atoms with Crippen molar-refractivity contribution in [3.8, 4) is 0 Å². The van der Waals surface area contributed by atoms with Crippen molar-refractivity contribution in [3.05, 3.63) is 0 Å². The van der Waals surface area contributed by atoms with Crippen molar-refractivity contribution in [1.29, 1.82) is 0 Å². The van der Waals surface area contributed by atoms with Gasteiger partial charge in [-0.15, -0.1) is 13.2 Å². The van der Waals surface area contributed by atoms with E-state index in [1.54, 1.807) is 0 Å². The van der Waals surface area contributed by atoms with E-state index in [0.717, 1.165) is 19.3 Å². The first-order valence-corrected chi connectivity index (χ1v) is 5.99. The van der Waals surface area contributed by atoms with Crippen LogP contribution in [0.25, 0.3) is 0 Å². The average Bonchev–Trinajstić information content (AvgIpc) is 2.16. The third-order valence-corrected chi connectivity index (χ3v) is 3.99. The second-order valence-electron chi connectivity index (χ2n) is 5.38. The zero-order valence-electron chi connectivity index (χ0n) is 10.2. The van der Waals surface area contributed by atoms with E-state index < -0.39 is 12.5 Å². The molecule has 4 heteroatoms. The predicted molar refractivity (Wildman–Crippen MR) is 57.0 cm³/mol. The zero-order chi connectivity index (χ0) is 12.4. The normalized spacial score (nSPS) is 28.1. The molecule has 0 N–H and O–H groups in total. The fourth-order valence-corrected chi connectivity index (χ4v) is 2.44. The molecule has 1 nitrogen and oxygen atoms in total. The lowest BCUT2D eigenvalue weighted by Gasteiger charge is -2.38. The summed E-state index contributed by atoms with van der Waals surface area (Å²) in [4.78, 5) is 0. The van der Waals surface area contributed by atoms with Crippen molar-refractivity contribution in [2.75, 3.05) is 0 Å². The third kappa shape index (κ3) is 3.96. The molecule has 0 radical (unpaired) electrons. The van der Waals surface area contributed by atoms with Gasteiger partial charge in [-0.05, 0) is 37.0 Å². The van der Waals surface area contributed by atoms with Gasteiger partial charge in [0, 0.05) is 0 Å². The maximum atomic E-state index is 12.0. The number of hydrogen-bond donors (Lipinski definition) is 0. The first-order valence-electron chi connectivity index (χ1n) is 5.99. The Morgan fingerprint density at radius 1 is 1.06 bits per heavy atom. The van der Waals surface area contributed by atoms with E-state index in [1.165, 1.54) is 0 Å². The van der Waals surface area contributed by atoms with Crippen LogP contribution in [0, 0.1) is 11.3 Å². The summed E-state index contributed by atoms with van der Waals surface area (Å²) in [5.74, 6) is 0.533. The number of rotatable bonds is 3. The van der Waals surface area contributed by atoms with Crippen LogP contribution in [-0.4, -0.2) is 12.5 Å². The molecule has 1 aliphatic carbocycles. The fourth-order valence-electron chi connectivity index (χ4n) is 2.44. The van der Waals surface area contributed by atoms with Crippen LogP contribution in [0.4, 0.5) is 13.2 Å². The highest BCUT2D eigenvalue weighted by atomic mass is 19.4. The van der Waals surface area contributed by atoms with Gasteiger partial charge in [-0.25, -0.2) is 0 Å². The summed E-state index contributed by atoms with van der Waals surface area (Å²) >= 11 is 0. The minimum atomic E-state index is -4.47. The molecule has 0 amide bonds. The van der Waals surface area contributed by atoms with E-state index >= 15 is 0 Å². The Morgan fingerprint density at radius 2 is 1.56 bits per heavy atom. The molecule has 1 aliphatic rings. The lowest BCUT2D eigenvalue weighted by atomic mass is 9.69. The van der Waals surface area contributed by atoms with Crippen LogP contribution in [0.15, 0.2) is 0 Å². The smallest absolute Gasteiger partial charge is 0.289 e. The number of ether oxygens (including phenoxy) is 1. The van der Waals surface area contributed by atoms with Gasteiger partial charge < -0.3 is 0 Å². The highest BCUT2D eigenvalue weighted by molar-refractivity contribution is 4.82. The molecule has 0 spiro atoms. The molecule has 1 fully saturated rings. The summed E-state index contributed by atoms with van der Waals surface area (Å²) in [5.41, 5.74) is 0.239. The van der Waals surface area contributed by atoms with Gasteiger partial charge in [0.1, 0.15) is 0 Å². The molecule has 0 bridgehead atoms. The second kappa shape index (κ2) is 4.94. The molecule has 0 unspecified atom stereocenters. The topological polar surface area (TPSA) is 9.23 Å². The van der Waals surface area contributed by atoms with Crippen LogP contribution in [0.1, 0.15) is 52.9 Å². The molecular weight excluding hydrogens is 217 g/mol. The van der Waals surface area contributed by atoms with Crippen molar-refractivity contribution in [2.45, 2.75) is 65.3 Å². The average molecular weight is 238 g/mol. The fraction of sp³-hybridized carbons (Fsp3) is 1.00. The van der Waals surface area contributed by atoms with Gasteiger partial charge in [0.05, 0.1) is 6.10 Å². The van der Waals surface area contributed by atoms with Crippen molar-refractivity contribution < 1.29 is 17.9 Å². The Bertz CT molecular complexity index is 215. The van der Waals surface area contributed by atoms with Gasteiger partial charge in [-0.1, -0.05) is 27.2 Å². The highest BCUT2D eigenvalue weighted by Gasteiger charge is 2.37. The van der Waals surface area contributed by atoms with Crippen molar-refractivity contribution in [1.82, 2.24) is 0 Å². The van der Waals surface area contributed by atoms with Crippen molar-refractivity contribution in [3.63, 3.8) is 0 Å². The maximum absolute atomic E-state index is 12.0. The van der Waals surface area contributed by atoms with Crippen molar-refractivity contribution >= 4 is 0 Å². The molecule has 0 aromatic rings. The molecular formula is C12H21F3O. The lowest BCUT2D eigenvalue weighted by Crippen LogP contribution is -2.33. The minimum absolute atomic E-state index is 0.239. The Balaban J connectivity index is 2.40. The summed E-state index contributed by atoms with van der Waals surface area (Å²) < 4.78 is 40.1.